The van der Waals surface area contributed by atoms with Gasteiger partial charge in [-0.1, -0.05) is 6.92 Å². The van der Waals surface area contributed by atoms with Crippen LogP contribution in [0.3, 0.4) is 0 Å². The van der Waals surface area contributed by atoms with Gasteiger partial charge in [0.25, 0.3) is 5.56 Å². The van der Waals surface area contributed by atoms with Crippen LogP contribution in [0.5, 0.6) is 0 Å². The summed E-state index contributed by atoms with van der Waals surface area (Å²) in [6.45, 7) is 4.10. The van der Waals surface area contributed by atoms with Gasteiger partial charge in [0, 0.05) is 26.8 Å². The Morgan fingerprint density at radius 1 is 1.21 bits per heavy atom. The van der Waals surface area contributed by atoms with Crippen LogP contribution in [0.15, 0.2) is 15.9 Å². The van der Waals surface area contributed by atoms with Crippen molar-refractivity contribution in [1.82, 2.24) is 18.7 Å². The van der Waals surface area contributed by atoms with Crippen LogP contribution >= 0.6 is 7.60 Å². The number of hydrogen-bond acceptors (Lipinski definition) is 6. The Kier molecular flexibility index (Phi) is 5.79. The number of aromatic nitrogens is 4. The Bertz CT molecular complexity index is 882. The van der Waals surface area contributed by atoms with Gasteiger partial charge in [0.1, 0.15) is 0 Å². The Balaban J connectivity index is 2.17. The fraction of sp³-hybridized carbons (Fsp3) is 0.643. The zero-order valence-electron chi connectivity index (χ0n) is 14.4. The summed E-state index contributed by atoms with van der Waals surface area (Å²) in [5.74, 6) is 0. The van der Waals surface area contributed by atoms with E-state index in [1.807, 2.05) is 0 Å². The molecule has 0 saturated carbocycles. The molecule has 0 fully saturated rings. The molecule has 2 aromatic heterocycles. The molecule has 0 aliphatic heterocycles. The number of imidazole rings is 1. The van der Waals surface area contributed by atoms with E-state index in [9.17, 15) is 14.2 Å². The average Bonchev–Trinajstić information content (AvgIpc) is 2.94. The van der Waals surface area contributed by atoms with Crippen molar-refractivity contribution in [2.24, 2.45) is 14.1 Å². The molecule has 0 radical (unpaired) electrons. The molecule has 0 N–H and O–H groups in total. The first-order valence-corrected chi connectivity index (χ1v) is 9.56. The third-order valence-corrected chi connectivity index (χ3v) is 5.73. The lowest BCUT2D eigenvalue weighted by Crippen LogP contribution is -2.39. The van der Waals surface area contributed by atoms with E-state index in [-0.39, 0.29) is 19.3 Å². The lowest BCUT2D eigenvalue weighted by atomic mass is 10.4. The monoisotopic (exact) mass is 358 g/mol. The highest BCUT2D eigenvalue weighted by molar-refractivity contribution is 7.53. The lowest BCUT2D eigenvalue weighted by molar-refractivity contribution is 0.207. The number of rotatable bonds is 8. The maximum Gasteiger partial charge on any atom is 0.332 e. The van der Waals surface area contributed by atoms with Gasteiger partial charge in [0.15, 0.2) is 11.2 Å². The van der Waals surface area contributed by atoms with Crippen LogP contribution in [-0.2, 0) is 34.3 Å². The summed E-state index contributed by atoms with van der Waals surface area (Å²) in [5, 5.41) is 0. The van der Waals surface area contributed by atoms with E-state index in [2.05, 4.69) is 4.98 Å². The van der Waals surface area contributed by atoms with E-state index in [1.54, 1.807) is 32.5 Å². The van der Waals surface area contributed by atoms with Crippen LogP contribution in [0.2, 0.25) is 0 Å². The van der Waals surface area contributed by atoms with Gasteiger partial charge >= 0.3 is 13.3 Å². The molecule has 9 nitrogen and oxygen atoms in total. The lowest BCUT2D eigenvalue weighted by Gasteiger charge is -2.16. The first kappa shape index (κ1) is 18.6. The largest absolute Gasteiger partial charge is 0.332 e. The Morgan fingerprint density at radius 3 is 2.54 bits per heavy atom. The highest BCUT2D eigenvalue weighted by atomic mass is 31.2. The molecule has 2 aromatic rings. The van der Waals surface area contributed by atoms with Crippen molar-refractivity contribution in [2.75, 3.05) is 19.4 Å². The molecule has 0 aromatic carbocycles. The first-order valence-electron chi connectivity index (χ1n) is 7.83. The molecule has 0 saturated heterocycles. The molecular formula is C14H23N4O5P. The fourth-order valence-corrected chi connectivity index (χ4v) is 3.68. The summed E-state index contributed by atoms with van der Waals surface area (Å²) >= 11 is 0. The molecule has 2 rings (SSSR count). The van der Waals surface area contributed by atoms with Crippen LogP contribution < -0.4 is 11.2 Å². The molecule has 0 spiro atoms. The van der Waals surface area contributed by atoms with Crippen molar-refractivity contribution in [1.29, 1.82) is 0 Å². The summed E-state index contributed by atoms with van der Waals surface area (Å²) in [6.07, 6.45) is 2.15. The van der Waals surface area contributed by atoms with E-state index in [0.717, 1.165) is 4.57 Å². The fourth-order valence-electron chi connectivity index (χ4n) is 2.44. The molecule has 0 aliphatic carbocycles. The van der Waals surface area contributed by atoms with Crippen LogP contribution in [0.4, 0.5) is 0 Å². The maximum atomic E-state index is 12.5. The summed E-state index contributed by atoms with van der Waals surface area (Å²) < 4.78 is 26.7. The minimum absolute atomic E-state index is 0.143. The highest BCUT2D eigenvalue weighted by Crippen LogP contribution is 2.47. The first-order chi connectivity index (χ1) is 11.3. The van der Waals surface area contributed by atoms with E-state index < -0.39 is 18.8 Å². The second-order valence-corrected chi connectivity index (χ2v) is 7.73. The topological polar surface area (TPSA) is 97.3 Å². The number of nitrogens with zero attached hydrogens (tertiary/aromatic N) is 4. The van der Waals surface area contributed by atoms with Crippen molar-refractivity contribution in [2.45, 2.75) is 26.8 Å². The molecule has 1 unspecified atom stereocenters. The molecule has 0 aliphatic rings. The second kappa shape index (κ2) is 7.46. The number of hydrogen-bond donors (Lipinski definition) is 0. The van der Waals surface area contributed by atoms with Gasteiger partial charge in [-0.15, -0.1) is 0 Å². The van der Waals surface area contributed by atoms with Crippen LogP contribution in [0.25, 0.3) is 11.2 Å². The smallest absolute Gasteiger partial charge is 0.328 e. The van der Waals surface area contributed by atoms with E-state index in [1.165, 1.54) is 10.9 Å². The SMILES string of the molecule is CCOP(=O)(CC)OCCCn1c(=O)c2c(ncn2C)n(C)c1=O. The predicted octanol–water partition coefficient (Wildman–Crippen LogP) is 1.09. The second-order valence-electron chi connectivity index (χ2n) is 5.36. The summed E-state index contributed by atoms with van der Waals surface area (Å²) in [7, 11) is 0.200. The molecule has 134 valence electrons. The highest BCUT2D eigenvalue weighted by Gasteiger charge is 2.21. The Morgan fingerprint density at radius 2 is 1.92 bits per heavy atom. The molecule has 0 bridgehead atoms. The standard InChI is InChI=1S/C14H23N4O5P/c1-5-22-24(21,6-2)23-9-7-8-18-13(19)11-12(15-10-16(11)3)17(4)14(18)20/h10H,5-9H2,1-4H3. The van der Waals surface area contributed by atoms with Crippen molar-refractivity contribution < 1.29 is 13.6 Å². The van der Waals surface area contributed by atoms with E-state index >= 15 is 0 Å². The quantitative estimate of drug-likeness (QED) is 0.518. The zero-order chi connectivity index (χ0) is 17.9. The summed E-state index contributed by atoms with van der Waals surface area (Å²) in [4.78, 5) is 28.9. The van der Waals surface area contributed by atoms with Gasteiger partial charge in [-0.3, -0.25) is 18.5 Å². The minimum Gasteiger partial charge on any atom is -0.328 e. The van der Waals surface area contributed by atoms with Gasteiger partial charge in [-0.2, -0.15) is 0 Å². The van der Waals surface area contributed by atoms with Crippen molar-refractivity contribution in [3.05, 3.63) is 27.2 Å². The average molecular weight is 358 g/mol. The van der Waals surface area contributed by atoms with E-state index in [4.69, 9.17) is 9.05 Å². The van der Waals surface area contributed by atoms with Crippen LogP contribution in [0, 0.1) is 0 Å². The zero-order valence-corrected chi connectivity index (χ0v) is 15.3. The van der Waals surface area contributed by atoms with Gasteiger partial charge in [0.05, 0.1) is 19.5 Å². The Hall–Kier alpha value is -1.70. The summed E-state index contributed by atoms with van der Waals surface area (Å²) in [5.41, 5.74) is -0.107. The third kappa shape index (κ3) is 3.53. The molecule has 2 heterocycles. The molecule has 1 atom stereocenters. The third-order valence-electron chi connectivity index (χ3n) is 3.73. The van der Waals surface area contributed by atoms with Crippen molar-refractivity contribution in [3.8, 4) is 0 Å². The van der Waals surface area contributed by atoms with Gasteiger partial charge in [-0.05, 0) is 13.3 Å². The molecule has 0 amide bonds. The number of aryl methyl sites for hydroxylation is 2. The van der Waals surface area contributed by atoms with Crippen LogP contribution in [-0.4, -0.2) is 38.1 Å². The maximum absolute atomic E-state index is 12.5. The van der Waals surface area contributed by atoms with Gasteiger partial charge in [-0.25, -0.2) is 9.78 Å². The normalized spacial score (nSPS) is 14.2. The number of fused-ring (bicyclic) bond motifs is 1. The van der Waals surface area contributed by atoms with Gasteiger partial charge in [0.2, 0.25) is 0 Å². The molecule has 10 heteroatoms. The summed E-state index contributed by atoms with van der Waals surface area (Å²) in [6, 6.07) is 0. The van der Waals surface area contributed by atoms with E-state index in [0.29, 0.717) is 24.2 Å². The van der Waals surface area contributed by atoms with Crippen molar-refractivity contribution in [3.63, 3.8) is 0 Å². The van der Waals surface area contributed by atoms with Crippen molar-refractivity contribution >= 4 is 18.8 Å². The molecular weight excluding hydrogens is 335 g/mol. The Labute approximate surface area is 139 Å². The molecule has 24 heavy (non-hydrogen) atoms. The van der Waals surface area contributed by atoms with Crippen LogP contribution in [0.1, 0.15) is 20.3 Å². The van der Waals surface area contributed by atoms with Gasteiger partial charge < -0.3 is 13.6 Å². The predicted molar refractivity (Wildman–Crippen MR) is 90.6 cm³/mol. The minimum atomic E-state index is -3.08.